The van der Waals surface area contributed by atoms with Crippen LogP contribution in [0.15, 0.2) is 59.7 Å². The number of carbonyl (C=O) groups is 1. The number of nitrogens with zero attached hydrogens (tertiary/aromatic N) is 1. The predicted molar refractivity (Wildman–Crippen MR) is 111 cm³/mol. The number of hydrogen-bond acceptors (Lipinski definition) is 5. The summed E-state index contributed by atoms with van der Waals surface area (Å²) in [6.45, 7) is 1.89. The number of thioether (sulfide) groups is 2. The number of carbonyl (C=O) groups excluding carboxylic acids is 1. The first-order valence-corrected chi connectivity index (χ1v) is 10.7. The van der Waals surface area contributed by atoms with Gasteiger partial charge in [0.15, 0.2) is 0 Å². The molecule has 1 atom stereocenters. The fourth-order valence-corrected chi connectivity index (χ4v) is 3.68. The van der Waals surface area contributed by atoms with Gasteiger partial charge in [-0.25, -0.2) is 5.43 Å². The van der Waals surface area contributed by atoms with Crippen LogP contribution in [-0.4, -0.2) is 35.0 Å². The van der Waals surface area contributed by atoms with Crippen LogP contribution in [0.1, 0.15) is 18.1 Å². The maximum atomic E-state index is 12.1. The van der Waals surface area contributed by atoms with E-state index in [1.807, 2.05) is 61.2 Å². The quantitative estimate of drug-likeness (QED) is 0.551. The fraction of sp³-hybridized carbons (Fsp3) is 0.300. The molecule has 6 heteroatoms. The summed E-state index contributed by atoms with van der Waals surface area (Å²) in [6, 6.07) is 17.9. The van der Waals surface area contributed by atoms with Gasteiger partial charge in [0.05, 0.1) is 11.5 Å². The van der Waals surface area contributed by atoms with Crippen molar-refractivity contribution in [3.63, 3.8) is 0 Å². The molecule has 0 aliphatic carbocycles. The number of benzene rings is 2. The molecule has 1 amide bonds. The molecule has 1 heterocycles. The third-order valence-electron chi connectivity index (χ3n) is 3.87. The first-order chi connectivity index (χ1) is 12.7. The summed E-state index contributed by atoms with van der Waals surface area (Å²) in [7, 11) is 0. The minimum Gasteiger partial charge on any atom is -0.489 e. The Balaban J connectivity index is 1.45. The molecule has 0 bridgehead atoms. The van der Waals surface area contributed by atoms with Crippen LogP contribution in [0.3, 0.4) is 0 Å². The molecule has 0 unspecified atom stereocenters. The normalized spacial score (nSPS) is 15.4. The van der Waals surface area contributed by atoms with Crippen LogP contribution in [0.5, 0.6) is 5.75 Å². The van der Waals surface area contributed by atoms with Crippen molar-refractivity contribution in [2.24, 2.45) is 5.10 Å². The van der Waals surface area contributed by atoms with Gasteiger partial charge in [0.25, 0.3) is 5.91 Å². The van der Waals surface area contributed by atoms with E-state index in [1.54, 1.807) is 18.0 Å². The van der Waals surface area contributed by atoms with Gasteiger partial charge in [-0.2, -0.15) is 16.9 Å². The largest absolute Gasteiger partial charge is 0.489 e. The van der Waals surface area contributed by atoms with Gasteiger partial charge in [-0.3, -0.25) is 4.79 Å². The number of nitrogens with one attached hydrogen (secondary N) is 1. The topological polar surface area (TPSA) is 50.7 Å². The van der Waals surface area contributed by atoms with Crippen molar-refractivity contribution in [3.8, 4) is 5.75 Å². The molecule has 1 aliphatic heterocycles. The van der Waals surface area contributed by atoms with E-state index in [-0.39, 0.29) is 11.2 Å². The minimum atomic E-state index is -0.168. The highest BCUT2D eigenvalue weighted by molar-refractivity contribution is 8.00. The summed E-state index contributed by atoms with van der Waals surface area (Å²) in [6.07, 6.45) is 1.96. The Morgan fingerprint density at radius 2 is 2.12 bits per heavy atom. The summed E-state index contributed by atoms with van der Waals surface area (Å²) in [5, 5.41) is 3.91. The Morgan fingerprint density at radius 3 is 2.85 bits per heavy atom. The third-order valence-corrected chi connectivity index (χ3v) is 6.30. The highest BCUT2D eigenvalue weighted by Crippen LogP contribution is 2.24. The zero-order valence-corrected chi connectivity index (χ0v) is 16.3. The van der Waals surface area contributed by atoms with E-state index in [0.29, 0.717) is 6.10 Å². The van der Waals surface area contributed by atoms with Crippen molar-refractivity contribution in [3.05, 3.63) is 65.7 Å². The first-order valence-electron chi connectivity index (χ1n) is 8.53. The van der Waals surface area contributed by atoms with E-state index < -0.39 is 0 Å². The lowest BCUT2D eigenvalue weighted by atomic mass is 10.2. The van der Waals surface area contributed by atoms with Crippen molar-refractivity contribution >= 4 is 35.6 Å². The summed E-state index contributed by atoms with van der Waals surface area (Å²) in [5.41, 5.74) is 4.73. The van der Waals surface area contributed by atoms with E-state index in [9.17, 15) is 4.79 Å². The molecule has 2 aromatic rings. The molecule has 4 nitrogen and oxygen atoms in total. The van der Waals surface area contributed by atoms with E-state index in [0.717, 1.165) is 28.6 Å². The first kappa shape index (κ1) is 18.9. The Kier molecular flexibility index (Phi) is 7.03. The highest BCUT2D eigenvalue weighted by Gasteiger charge is 2.19. The van der Waals surface area contributed by atoms with Crippen molar-refractivity contribution < 1.29 is 9.53 Å². The van der Waals surface area contributed by atoms with Gasteiger partial charge in [0.1, 0.15) is 11.9 Å². The van der Waals surface area contributed by atoms with Crippen molar-refractivity contribution in [1.29, 1.82) is 0 Å². The molecule has 0 spiro atoms. The van der Waals surface area contributed by atoms with Crippen LogP contribution in [0, 0.1) is 0 Å². The van der Waals surface area contributed by atoms with Crippen LogP contribution < -0.4 is 10.2 Å². The molecule has 3 rings (SSSR count). The zero-order valence-electron chi connectivity index (χ0n) is 14.6. The molecule has 1 N–H and O–H groups in total. The van der Waals surface area contributed by atoms with Crippen LogP contribution in [0.25, 0.3) is 0 Å². The lowest BCUT2D eigenvalue weighted by Crippen LogP contribution is -2.31. The Bertz CT molecular complexity index is 748. The summed E-state index contributed by atoms with van der Waals surface area (Å²) < 4.78 is 5.86. The third kappa shape index (κ3) is 5.81. The minimum absolute atomic E-state index is 0.0962. The molecule has 26 heavy (non-hydrogen) atoms. The molecule has 1 fully saturated rings. The Labute approximate surface area is 162 Å². The lowest BCUT2D eigenvalue weighted by Gasteiger charge is -2.25. The van der Waals surface area contributed by atoms with Crippen LogP contribution in [-0.2, 0) is 10.5 Å². The summed E-state index contributed by atoms with van der Waals surface area (Å²) in [4.78, 5) is 12.1. The van der Waals surface area contributed by atoms with Gasteiger partial charge in [-0.05, 0) is 30.2 Å². The van der Waals surface area contributed by atoms with Gasteiger partial charge in [-0.1, -0.05) is 42.5 Å². The predicted octanol–water partition coefficient (Wildman–Crippen LogP) is 3.95. The van der Waals surface area contributed by atoms with E-state index in [1.165, 1.54) is 5.56 Å². The van der Waals surface area contributed by atoms with Crippen molar-refractivity contribution in [2.45, 2.75) is 24.0 Å². The van der Waals surface area contributed by atoms with Crippen molar-refractivity contribution in [2.75, 3.05) is 11.5 Å². The molecule has 0 radical (unpaired) electrons. The average Bonchev–Trinajstić information content (AvgIpc) is 2.64. The van der Waals surface area contributed by atoms with E-state index in [2.05, 4.69) is 22.7 Å². The monoisotopic (exact) mass is 386 g/mol. The maximum absolute atomic E-state index is 12.1. The Morgan fingerprint density at radius 1 is 1.31 bits per heavy atom. The second-order valence-corrected chi connectivity index (χ2v) is 8.43. The lowest BCUT2D eigenvalue weighted by molar-refractivity contribution is -0.120. The molecule has 0 saturated carbocycles. The van der Waals surface area contributed by atoms with Crippen molar-refractivity contribution in [1.82, 2.24) is 5.43 Å². The van der Waals surface area contributed by atoms with Gasteiger partial charge < -0.3 is 4.74 Å². The van der Waals surface area contributed by atoms with Crippen LogP contribution in [0.2, 0.25) is 0 Å². The van der Waals surface area contributed by atoms with E-state index >= 15 is 0 Å². The van der Waals surface area contributed by atoms with E-state index in [4.69, 9.17) is 4.74 Å². The Hall–Kier alpha value is -1.92. The number of ether oxygens (including phenoxy) is 1. The molecule has 2 aromatic carbocycles. The number of rotatable bonds is 8. The molecular formula is C20H22N2O2S2. The van der Waals surface area contributed by atoms with Crippen LogP contribution in [0.4, 0.5) is 0 Å². The standard InChI is InChI=1S/C20H22N2O2S2/c1-15(26-12-16-6-3-2-4-7-16)20(23)22-21-11-17-8-5-9-18(10-17)24-19-13-25-14-19/h2-11,15,19H,12-14H2,1H3,(H,22,23)/b21-11-/t15-/m0/s1. The summed E-state index contributed by atoms with van der Waals surface area (Å²) in [5.74, 6) is 3.65. The second kappa shape index (κ2) is 9.69. The molecule has 1 saturated heterocycles. The highest BCUT2D eigenvalue weighted by atomic mass is 32.2. The van der Waals surface area contributed by atoms with Gasteiger partial charge >= 0.3 is 0 Å². The summed E-state index contributed by atoms with van der Waals surface area (Å²) >= 11 is 3.48. The maximum Gasteiger partial charge on any atom is 0.252 e. The smallest absolute Gasteiger partial charge is 0.252 e. The fourth-order valence-electron chi connectivity index (χ4n) is 2.28. The average molecular weight is 387 g/mol. The molecule has 0 aromatic heterocycles. The molecule has 1 aliphatic rings. The molecule has 136 valence electrons. The second-order valence-electron chi connectivity index (χ2n) is 6.02. The van der Waals surface area contributed by atoms with Gasteiger partial charge in [0.2, 0.25) is 0 Å². The zero-order chi connectivity index (χ0) is 18.2. The van der Waals surface area contributed by atoms with Gasteiger partial charge in [-0.15, -0.1) is 11.8 Å². The number of hydrazone groups is 1. The van der Waals surface area contributed by atoms with Crippen LogP contribution >= 0.6 is 23.5 Å². The number of amides is 1. The number of hydrogen-bond donors (Lipinski definition) is 1. The SMILES string of the molecule is C[C@H](SCc1ccccc1)C(=O)N/N=C\c1cccc(OC2CSC2)c1. The molecular weight excluding hydrogens is 364 g/mol. The van der Waals surface area contributed by atoms with Gasteiger partial charge in [0, 0.05) is 17.3 Å².